The van der Waals surface area contributed by atoms with Gasteiger partial charge in [0.25, 0.3) is 0 Å². The first-order chi connectivity index (χ1) is 16.2. The molecule has 3 atom stereocenters. The second-order valence-electron chi connectivity index (χ2n) is 9.82. The average Bonchev–Trinajstić information content (AvgIpc) is 3.47. The zero-order valence-corrected chi connectivity index (χ0v) is 20.6. The highest BCUT2D eigenvalue weighted by Gasteiger charge is 2.34. The quantitative estimate of drug-likeness (QED) is 0.251. The molecule has 1 aromatic heterocycles. The Morgan fingerprint density at radius 3 is 2.59 bits per heavy atom. The molecule has 0 unspecified atom stereocenters. The van der Waals surface area contributed by atoms with Crippen LogP contribution < -0.4 is 15.8 Å². The first kappa shape index (κ1) is 26.1. The number of aromatic nitrogens is 2. The van der Waals surface area contributed by atoms with Crippen molar-refractivity contribution in [2.45, 2.75) is 58.4 Å². The number of nitrogens with zero attached hydrogens (tertiary/aromatic N) is 5. The molecular formula is C23H38FN7O3. The van der Waals surface area contributed by atoms with Gasteiger partial charge in [-0.2, -0.15) is 4.39 Å². The van der Waals surface area contributed by atoms with Crippen molar-refractivity contribution in [1.29, 1.82) is 0 Å². The van der Waals surface area contributed by atoms with Gasteiger partial charge in [-0.1, -0.05) is 39.5 Å². The van der Waals surface area contributed by atoms with E-state index < -0.39 is 17.6 Å². The predicted molar refractivity (Wildman–Crippen MR) is 127 cm³/mol. The molecule has 2 fully saturated rings. The van der Waals surface area contributed by atoms with Gasteiger partial charge in [0.05, 0.1) is 12.5 Å². The molecule has 1 aromatic rings. The highest BCUT2D eigenvalue weighted by atomic mass is 19.1. The highest BCUT2D eigenvalue weighted by molar-refractivity contribution is 5.80. The lowest BCUT2D eigenvalue weighted by molar-refractivity contribution is -0.154. The van der Waals surface area contributed by atoms with Crippen molar-refractivity contribution >= 4 is 24.0 Å². The number of hydrogen-bond donors (Lipinski definition) is 3. The van der Waals surface area contributed by atoms with Gasteiger partial charge < -0.3 is 9.80 Å². The summed E-state index contributed by atoms with van der Waals surface area (Å²) in [4.78, 5) is 36.6. The van der Waals surface area contributed by atoms with Crippen LogP contribution in [0.1, 0.15) is 51.8 Å². The number of hydrazine groups is 1. The van der Waals surface area contributed by atoms with E-state index in [2.05, 4.69) is 32.6 Å². The standard InChI is InChI=1S/C23H38FN7O3/c1-5-19-25-21(20(24)22(26-19)30-11-15(2)18(13-30)29(3)4)27-28-23(33)17(12-31(34)14-32)10-16-8-6-7-9-16/h14-18,34H,5-13H2,1-4H3,(H,28,33)(H,25,26,27)/t15-,17+,18+/m1/s1. The van der Waals surface area contributed by atoms with Crippen LogP contribution in [0.3, 0.4) is 0 Å². The molecule has 190 valence electrons. The number of hydroxylamine groups is 2. The Morgan fingerprint density at radius 2 is 2.00 bits per heavy atom. The second kappa shape index (κ2) is 11.7. The molecule has 1 saturated heterocycles. The van der Waals surface area contributed by atoms with Crippen molar-refractivity contribution < 1.29 is 19.2 Å². The Morgan fingerprint density at radius 1 is 1.29 bits per heavy atom. The van der Waals surface area contributed by atoms with Gasteiger partial charge in [-0.15, -0.1) is 0 Å². The third-order valence-corrected chi connectivity index (χ3v) is 7.03. The van der Waals surface area contributed by atoms with Crippen LogP contribution in [0.4, 0.5) is 16.0 Å². The van der Waals surface area contributed by atoms with E-state index in [9.17, 15) is 14.8 Å². The monoisotopic (exact) mass is 479 g/mol. The Bertz CT molecular complexity index is 850. The summed E-state index contributed by atoms with van der Waals surface area (Å²) in [6, 6.07) is 0.283. The third kappa shape index (κ3) is 6.32. The molecule has 2 aliphatic rings. The fourth-order valence-corrected chi connectivity index (χ4v) is 5.13. The van der Waals surface area contributed by atoms with Crippen molar-refractivity contribution in [2.24, 2.45) is 17.8 Å². The Balaban J connectivity index is 1.74. The molecule has 34 heavy (non-hydrogen) atoms. The molecule has 1 aliphatic carbocycles. The van der Waals surface area contributed by atoms with E-state index in [0.29, 0.717) is 48.7 Å². The van der Waals surface area contributed by atoms with E-state index in [0.717, 1.165) is 25.7 Å². The minimum absolute atomic E-state index is 0.0907. The highest BCUT2D eigenvalue weighted by Crippen LogP contribution is 2.31. The van der Waals surface area contributed by atoms with Crippen molar-refractivity contribution in [3.05, 3.63) is 11.6 Å². The topological polar surface area (TPSA) is 114 Å². The molecule has 1 saturated carbocycles. The van der Waals surface area contributed by atoms with Crippen LogP contribution >= 0.6 is 0 Å². The Hall–Kier alpha value is -2.53. The van der Waals surface area contributed by atoms with Crippen LogP contribution in [-0.4, -0.2) is 77.2 Å². The lowest BCUT2D eigenvalue weighted by atomic mass is 9.92. The van der Waals surface area contributed by atoms with E-state index in [-0.39, 0.29) is 30.6 Å². The Kier molecular flexibility index (Phi) is 9.01. The first-order valence-corrected chi connectivity index (χ1v) is 12.2. The number of carbonyl (C=O) groups excluding carboxylic acids is 2. The molecule has 10 nitrogen and oxygen atoms in total. The summed E-state index contributed by atoms with van der Waals surface area (Å²) in [6.07, 6.45) is 5.63. The molecule has 3 N–H and O–H groups in total. The average molecular weight is 480 g/mol. The maximum atomic E-state index is 15.5. The molecule has 11 heteroatoms. The molecule has 1 aliphatic heterocycles. The van der Waals surface area contributed by atoms with Crippen LogP contribution in [0.5, 0.6) is 0 Å². The molecule has 2 amide bonds. The number of anilines is 2. The van der Waals surface area contributed by atoms with Gasteiger partial charge >= 0.3 is 0 Å². The number of amides is 2. The van der Waals surface area contributed by atoms with Gasteiger partial charge in [0.2, 0.25) is 18.1 Å². The summed E-state index contributed by atoms with van der Waals surface area (Å²) in [7, 11) is 4.03. The van der Waals surface area contributed by atoms with E-state index in [1.165, 1.54) is 0 Å². The molecule has 0 radical (unpaired) electrons. The summed E-state index contributed by atoms with van der Waals surface area (Å²) in [5.41, 5.74) is 5.19. The van der Waals surface area contributed by atoms with Gasteiger partial charge in [0.1, 0.15) is 5.82 Å². The maximum absolute atomic E-state index is 15.5. The van der Waals surface area contributed by atoms with E-state index in [1.54, 1.807) is 0 Å². The number of carbonyl (C=O) groups is 2. The zero-order chi connectivity index (χ0) is 24.8. The lowest BCUT2D eigenvalue weighted by Gasteiger charge is -2.24. The number of halogens is 1. The number of rotatable bonds is 11. The lowest BCUT2D eigenvalue weighted by Crippen LogP contribution is -2.41. The smallest absolute Gasteiger partial charge is 0.243 e. The van der Waals surface area contributed by atoms with Crippen molar-refractivity contribution in [1.82, 2.24) is 25.4 Å². The minimum atomic E-state index is -0.624. The third-order valence-electron chi connectivity index (χ3n) is 7.03. The summed E-state index contributed by atoms with van der Waals surface area (Å²) in [5, 5.41) is 10.1. The number of nitrogens with one attached hydrogen (secondary N) is 2. The van der Waals surface area contributed by atoms with Gasteiger partial charge in [-0.25, -0.2) is 15.0 Å². The van der Waals surface area contributed by atoms with Gasteiger partial charge in [0, 0.05) is 25.6 Å². The van der Waals surface area contributed by atoms with Gasteiger partial charge in [0.15, 0.2) is 11.6 Å². The summed E-state index contributed by atoms with van der Waals surface area (Å²) in [6.45, 7) is 5.23. The van der Waals surface area contributed by atoms with Crippen LogP contribution in [0, 0.1) is 23.6 Å². The van der Waals surface area contributed by atoms with E-state index in [4.69, 9.17) is 0 Å². The first-order valence-electron chi connectivity index (χ1n) is 12.2. The van der Waals surface area contributed by atoms with Crippen molar-refractivity contribution in [3.8, 4) is 0 Å². The fourth-order valence-electron chi connectivity index (χ4n) is 5.13. The number of likely N-dealkylation sites (N-methyl/N-ethyl adjacent to an activating group) is 1. The molecular weight excluding hydrogens is 441 g/mol. The van der Waals surface area contributed by atoms with Gasteiger partial charge in [-0.05, 0) is 32.4 Å². The van der Waals surface area contributed by atoms with Gasteiger partial charge in [-0.3, -0.25) is 25.6 Å². The van der Waals surface area contributed by atoms with Crippen LogP contribution in [0.2, 0.25) is 0 Å². The summed E-state index contributed by atoms with van der Waals surface area (Å²) >= 11 is 0. The zero-order valence-electron chi connectivity index (χ0n) is 20.6. The Labute approximate surface area is 200 Å². The fraction of sp³-hybridized carbons (Fsp3) is 0.739. The second-order valence-corrected chi connectivity index (χ2v) is 9.82. The maximum Gasteiger partial charge on any atom is 0.243 e. The summed E-state index contributed by atoms with van der Waals surface area (Å²) in [5.74, 6) is -0.342. The largest absolute Gasteiger partial charge is 0.352 e. The molecule has 2 heterocycles. The van der Waals surface area contributed by atoms with Crippen molar-refractivity contribution in [2.75, 3.05) is 44.1 Å². The number of aryl methyl sites for hydroxylation is 1. The SMILES string of the molecule is CCc1nc(NNC(=O)[C@@H](CC2CCCC2)CN(O)C=O)c(F)c(N2C[C@@H](C)[C@@H](N(C)C)C2)n1. The van der Waals surface area contributed by atoms with Crippen LogP contribution in [0.15, 0.2) is 0 Å². The molecule has 0 spiro atoms. The normalized spacial score (nSPS) is 21.7. The predicted octanol–water partition coefficient (Wildman–Crippen LogP) is 2.05. The van der Waals surface area contributed by atoms with Crippen LogP contribution in [-0.2, 0) is 16.0 Å². The molecule has 3 rings (SSSR count). The minimum Gasteiger partial charge on any atom is -0.352 e. The van der Waals surface area contributed by atoms with Crippen molar-refractivity contribution in [3.63, 3.8) is 0 Å². The van der Waals surface area contributed by atoms with Crippen LogP contribution in [0.25, 0.3) is 0 Å². The molecule has 0 aromatic carbocycles. The summed E-state index contributed by atoms with van der Waals surface area (Å²) < 4.78 is 15.5. The number of hydrogen-bond acceptors (Lipinski definition) is 8. The molecule has 0 bridgehead atoms. The van der Waals surface area contributed by atoms with E-state index in [1.807, 2.05) is 25.9 Å². The van der Waals surface area contributed by atoms with E-state index >= 15 is 4.39 Å².